The standard InChI is InChI=1S/C34H40FN5O3S/c1-34(2,3)24-8-9-27-22(16-24)18-29-32(38-27)44-33(39-29)31(43)37-28(12-15-40-13-10-25(41)11-14-40)21-6-4-20(5-7-21)23-17-26(35)30(42)36-19-23/h4-7,17-19,24-25,28,41H,8-16H2,1-3H3,(H,36,42)(H,37,43)/t24?,28-/m1/s1. The van der Waals surface area contributed by atoms with Crippen LogP contribution in [0.5, 0.6) is 0 Å². The molecule has 1 fully saturated rings. The summed E-state index contributed by atoms with van der Waals surface area (Å²) in [5.74, 6) is -0.470. The number of aliphatic hydroxyl groups is 1. The maximum atomic E-state index is 13.9. The highest BCUT2D eigenvalue weighted by molar-refractivity contribution is 7.19. The van der Waals surface area contributed by atoms with Gasteiger partial charge >= 0.3 is 0 Å². The molecule has 0 saturated carbocycles. The molecular formula is C34H40FN5O3S. The number of aromatic nitrogens is 3. The number of aliphatic hydroxyl groups excluding tert-OH is 1. The zero-order valence-corrected chi connectivity index (χ0v) is 26.3. The minimum Gasteiger partial charge on any atom is -0.393 e. The Labute approximate surface area is 260 Å². The van der Waals surface area contributed by atoms with E-state index in [0.717, 1.165) is 78.9 Å². The summed E-state index contributed by atoms with van der Waals surface area (Å²) in [6, 6.07) is 10.7. The van der Waals surface area contributed by atoms with Crippen molar-refractivity contribution in [2.75, 3.05) is 19.6 Å². The van der Waals surface area contributed by atoms with Crippen molar-refractivity contribution in [1.82, 2.24) is 25.2 Å². The fraction of sp³-hybridized carbons (Fsp3) is 0.471. The van der Waals surface area contributed by atoms with Gasteiger partial charge in [-0.2, -0.15) is 0 Å². The van der Waals surface area contributed by atoms with Gasteiger partial charge in [-0.25, -0.2) is 14.4 Å². The number of piperidine rings is 1. The second-order valence-corrected chi connectivity index (χ2v) is 14.3. The van der Waals surface area contributed by atoms with Crippen molar-refractivity contribution in [2.24, 2.45) is 11.3 Å². The third-order valence-electron chi connectivity index (χ3n) is 9.27. The molecule has 4 heterocycles. The number of halogens is 1. The van der Waals surface area contributed by atoms with Crippen LogP contribution in [-0.4, -0.2) is 56.6 Å². The monoisotopic (exact) mass is 617 g/mol. The summed E-state index contributed by atoms with van der Waals surface area (Å²) in [4.78, 5) is 40.3. The van der Waals surface area contributed by atoms with Crippen LogP contribution in [0, 0.1) is 17.2 Å². The highest BCUT2D eigenvalue weighted by Crippen LogP contribution is 2.38. The van der Waals surface area contributed by atoms with Crippen molar-refractivity contribution in [3.05, 3.63) is 80.6 Å². The number of H-pyrrole nitrogens is 1. The maximum Gasteiger partial charge on any atom is 0.283 e. The average Bonchev–Trinajstić information content (AvgIpc) is 3.42. The van der Waals surface area contributed by atoms with E-state index in [4.69, 9.17) is 9.97 Å². The molecular weight excluding hydrogens is 577 g/mol. The lowest BCUT2D eigenvalue weighted by Crippen LogP contribution is -2.38. The molecule has 1 unspecified atom stereocenters. The number of hydrogen-bond acceptors (Lipinski definition) is 7. The van der Waals surface area contributed by atoms with E-state index in [2.05, 4.69) is 42.0 Å². The van der Waals surface area contributed by atoms with Gasteiger partial charge in [0.25, 0.3) is 11.5 Å². The highest BCUT2D eigenvalue weighted by atomic mass is 32.1. The van der Waals surface area contributed by atoms with E-state index >= 15 is 0 Å². The second kappa shape index (κ2) is 12.5. The van der Waals surface area contributed by atoms with Crippen molar-refractivity contribution < 1.29 is 14.3 Å². The molecule has 2 aliphatic rings. The lowest BCUT2D eigenvalue weighted by Gasteiger charge is -2.34. The third kappa shape index (κ3) is 6.77. The Balaban J connectivity index is 1.22. The van der Waals surface area contributed by atoms with Gasteiger partial charge in [0.15, 0.2) is 10.8 Å². The van der Waals surface area contributed by atoms with Gasteiger partial charge in [-0.05, 0) is 78.7 Å². The van der Waals surface area contributed by atoms with Gasteiger partial charge < -0.3 is 20.3 Å². The van der Waals surface area contributed by atoms with E-state index in [1.807, 2.05) is 24.3 Å². The Morgan fingerprint density at radius 1 is 1.14 bits per heavy atom. The molecule has 1 aromatic carbocycles. The number of carbonyl (C=O) groups is 1. The van der Waals surface area contributed by atoms with Crippen LogP contribution in [0.1, 0.15) is 79.1 Å². The summed E-state index contributed by atoms with van der Waals surface area (Å²) in [6.07, 6.45) is 6.48. The first kappa shape index (κ1) is 30.6. The Morgan fingerprint density at radius 2 is 1.89 bits per heavy atom. The summed E-state index contributed by atoms with van der Waals surface area (Å²) < 4.78 is 13.9. The molecule has 1 aliphatic carbocycles. The van der Waals surface area contributed by atoms with E-state index in [-0.39, 0.29) is 23.5 Å². The van der Waals surface area contributed by atoms with Crippen LogP contribution in [0.2, 0.25) is 0 Å². The molecule has 44 heavy (non-hydrogen) atoms. The number of amides is 1. The van der Waals surface area contributed by atoms with E-state index < -0.39 is 11.4 Å². The summed E-state index contributed by atoms with van der Waals surface area (Å²) in [7, 11) is 0. The van der Waals surface area contributed by atoms with Crippen LogP contribution >= 0.6 is 11.3 Å². The fourth-order valence-electron chi connectivity index (χ4n) is 6.38. The van der Waals surface area contributed by atoms with Gasteiger partial charge in [0.2, 0.25) is 0 Å². The SMILES string of the molecule is CC(C)(C)C1CCc2nc3sc(C(=O)N[C@H](CCN4CCC(O)CC4)c4ccc(-c5c[nH]c(=O)c(F)c5)cc4)nc3cc2C1. The number of carbonyl (C=O) groups excluding carboxylic acids is 1. The van der Waals surface area contributed by atoms with Crippen LogP contribution in [0.15, 0.2) is 47.4 Å². The van der Waals surface area contributed by atoms with E-state index in [1.165, 1.54) is 29.2 Å². The first-order chi connectivity index (χ1) is 21.0. The number of aryl methyl sites for hydroxylation is 1. The predicted octanol–water partition coefficient (Wildman–Crippen LogP) is 5.65. The number of fused-ring (bicyclic) bond motifs is 2. The normalized spacial score (nSPS) is 18.7. The van der Waals surface area contributed by atoms with Crippen molar-refractivity contribution >= 4 is 27.6 Å². The number of nitrogens with zero attached hydrogens (tertiary/aromatic N) is 3. The largest absolute Gasteiger partial charge is 0.393 e. The van der Waals surface area contributed by atoms with Crippen molar-refractivity contribution in [3.8, 4) is 11.1 Å². The zero-order chi connectivity index (χ0) is 31.0. The first-order valence-corrected chi connectivity index (χ1v) is 16.3. The number of aromatic amines is 1. The summed E-state index contributed by atoms with van der Waals surface area (Å²) in [5.41, 5.74) is 4.87. The van der Waals surface area contributed by atoms with Crippen LogP contribution < -0.4 is 10.9 Å². The van der Waals surface area contributed by atoms with E-state index in [9.17, 15) is 19.1 Å². The van der Waals surface area contributed by atoms with Crippen LogP contribution in [0.25, 0.3) is 21.5 Å². The molecule has 3 N–H and O–H groups in total. The number of rotatable bonds is 7. The number of thiazole rings is 1. The van der Waals surface area contributed by atoms with Crippen molar-refractivity contribution in [2.45, 2.75) is 71.4 Å². The number of pyridine rings is 2. The molecule has 0 radical (unpaired) electrons. The zero-order valence-electron chi connectivity index (χ0n) is 25.5. The lowest BCUT2D eigenvalue weighted by molar-refractivity contribution is 0.0795. The van der Waals surface area contributed by atoms with Gasteiger partial charge in [-0.3, -0.25) is 9.59 Å². The molecule has 3 aromatic heterocycles. The molecule has 8 nitrogen and oxygen atoms in total. The average molecular weight is 618 g/mol. The maximum absolute atomic E-state index is 13.9. The van der Waals surface area contributed by atoms with Gasteiger partial charge in [0, 0.05) is 37.1 Å². The first-order valence-electron chi connectivity index (χ1n) is 15.5. The molecule has 6 rings (SSSR count). The van der Waals surface area contributed by atoms with Gasteiger partial charge in [-0.1, -0.05) is 56.4 Å². The minimum absolute atomic E-state index is 0.232. The number of nitrogens with one attached hydrogen (secondary N) is 2. The summed E-state index contributed by atoms with van der Waals surface area (Å²) in [6.45, 7) is 9.30. The van der Waals surface area contributed by atoms with Crippen LogP contribution in [0.3, 0.4) is 0 Å². The number of hydrogen-bond donors (Lipinski definition) is 3. The van der Waals surface area contributed by atoms with Crippen molar-refractivity contribution in [3.63, 3.8) is 0 Å². The quantitative estimate of drug-likeness (QED) is 0.247. The molecule has 2 atom stereocenters. The lowest BCUT2D eigenvalue weighted by atomic mass is 9.71. The predicted molar refractivity (Wildman–Crippen MR) is 171 cm³/mol. The molecule has 10 heteroatoms. The molecule has 1 saturated heterocycles. The molecule has 1 amide bonds. The summed E-state index contributed by atoms with van der Waals surface area (Å²) >= 11 is 1.33. The highest BCUT2D eigenvalue weighted by Gasteiger charge is 2.30. The Bertz CT molecular complexity index is 1700. The van der Waals surface area contributed by atoms with Crippen LogP contribution in [0.4, 0.5) is 4.39 Å². The Hall–Kier alpha value is -3.47. The minimum atomic E-state index is -0.830. The van der Waals surface area contributed by atoms with E-state index in [1.54, 1.807) is 0 Å². The Morgan fingerprint density at radius 3 is 2.59 bits per heavy atom. The van der Waals surface area contributed by atoms with Gasteiger partial charge in [0.05, 0.1) is 12.1 Å². The summed E-state index contributed by atoms with van der Waals surface area (Å²) in [5, 5.41) is 13.5. The second-order valence-electron chi connectivity index (χ2n) is 13.3. The molecule has 0 spiro atoms. The topological polar surface area (TPSA) is 111 Å². The van der Waals surface area contributed by atoms with Gasteiger partial charge in [0.1, 0.15) is 10.3 Å². The number of likely N-dealkylation sites (tertiary alicyclic amines) is 1. The fourth-order valence-corrected chi connectivity index (χ4v) is 7.22. The smallest absolute Gasteiger partial charge is 0.283 e. The number of benzene rings is 1. The molecule has 0 bridgehead atoms. The van der Waals surface area contributed by atoms with Crippen LogP contribution in [-0.2, 0) is 12.8 Å². The third-order valence-corrected chi connectivity index (χ3v) is 10.2. The Kier molecular flexibility index (Phi) is 8.68. The molecule has 1 aliphatic heterocycles. The van der Waals surface area contributed by atoms with Gasteiger partial charge in [-0.15, -0.1) is 0 Å². The molecule has 4 aromatic rings. The van der Waals surface area contributed by atoms with Crippen molar-refractivity contribution in [1.29, 1.82) is 0 Å². The van der Waals surface area contributed by atoms with E-state index in [0.29, 0.717) is 22.9 Å². The molecule has 232 valence electrons.